The maximum atomic E-state index is 4.46. The van der Waals surface area contributed by atoms with Crippen molar-refractivity contribution in [1.29, 1.82) is 0 Å². The van der Waals surface area contributed by atoms with Crippen LogP contribution in [0, 0.1) is 0 Å². The number of aromatic amines is 1. The molecule has 0 saturated carbocycles. The molecule has 1 aromatic carbocycles. The van der Waals surface area contributed by atoms with Gasteiger partial charge in [0.15, 0.2) is 0 Å². The number of para-hydroxylation sites is 2. The van der Waals surface area contributed by atoms with E-state index in [0.29, 0.717) is 0 Å². The summed E-state index contributed by atoms with van der Waals surface area (Å²) in [6.45, 7) is 1.85. The molecule has 92 valence electrons. The van der Waals surface area contributed by atoms with Crippen LogP contribution in [-0.4, -0.2) is 26.1 Å². The van der Waals surface area contributed by atoms with Crippen LogP contribution in [0.1, 0.15) is 6.42 Å². The minimum absolute atomic E-state index is 0.835. The smallest absolute Gasteiger partial charge is 0.201 e. The first-order valence-corrected chi connectivity index (χ1v) is 6.06. The summed E-state index contributed by atoms with van der Waals surface area (Å²) in [6, 6.07) is 8.02. The van der Waals surface area contributed by atoms with Crippen LogP contribution in [0.3, 0.4) is 0 Å². The molecule has 3 aromatic rings. The summed E-state index contributed by atoms with van der Waals surface area (Å²) < 4.78 is 2.07. The van der Waals surface area contributed by atoms with Crippen LogP contribution in [0.25, 0.3) is 11.0 Å². The topological polar surface area (TPSA) is 58.5 Å². The molecule has 0 amide bonds. The Morgan fingerprint density at radius 1 is 1.28 bits per heavy atom. The van der Waals surface area contributed by atoms with Gasteiger partial charge in [-0.1, -0.05) is 12.1 Å². The molecule has 5 nitrogen and oxygen atoms in total. The summed E-state index contributed by atoms with van der Waals surface area (Å²) in [5, 5.41) is 3.30. The molecule has 0 radical (unpaired) electrons. The molecular weight excluding hydrogens is 226 g/mol. The predicted octanol–water partition coefficient (Wildman–Crippen LogP) is 2.26. The number of hydrogen-bond donors (Lipinski definition) is 2. The molecule has 2 N–H and O–H groups in total. The second kappa shape index (κ2) is 4.91. The van der Waals surface area contributed by atoms with Crippen molar-refractivity contribution >= 4 is 17.0 Å². The average Bonchev–Trinajstić information content (AvgIpc) is 3.03. The van der Waals surface area contributed by atoms with Gasteiger partial charge in [0, 0.05) is 25.5 Å². The van der Waals surface area contributed by atoms with Crippen molar-refractivity contribution in [3.05, 3.63) is 43.0 Å². The molecule has 2 heterocycles. The molecular formula is C13H15N5. The number of nitrogens with one attached hydrogen (secondary N) is 2. The molecule has 0 atom stereocenters. The molecule has 0 aliphatic heterocycles. The normalized spacial score (nSPS) is 10.9. The minimum atomic E-state index is 0.835. The van der Waals surface area contributed by atoms with Crippen molar-refractivity contribution in [2.45, 2.75) is 13.0 Å². The third-order valence-electron chi connectivity index (χ3n) is 2.83. The Kier molecular flexibility index (Phi) is 2.96. The van der Waals surface area contributed by atoms with Crippen LogP contribution in [0.15, 0.2) is 43.0 Å². The van der Waals surface area contributed by atoms with Gasteiger partial charge in [0.2, 0.25) is 5.95 Å². The highest BCUT2D eigenvalue weighted by Crippen LogP contribution is 2.12. The van der Waals surface area contributed by atoms with Gasteiger partial charge >= 0.3 is 0 Å². The van der Waals surface area contributed by atoms with E-state index in [2.05, 4.69) is 24.8 Å². The monoisotopic (exact) mass is 241 g/mol. The predicted molar refractivity (Wildman–Crippen MR) is 71.4 cm³/mol. The van der Waals surface area contributed by atoms with E-state index in [0.717, 1.165) is 36.5 Å². The number of H-pyrrole nitrogens is 1. The fraction of sp³-hybridized carbons (Fsp3) is 0.231. The largest absolute Gasteiger partial charge is 0.356 e. The first-order valence-electron chi connectivity index (χ1n) is 6.06. The van der Waals surface area contributed by atoms with Gasteiger partial charge < -0.3 is 14.9 Å². The third-order valence-corrected chi connectivity index (χ3v) is 2.83. The lowest BCUT2D eigenvalue weighted by Crippen LogP contribution is -2.06. The molecule has 18 heavy (non-hydrogen) atoms. The van der Waals surface area contributed by atoms with E-state index >= 15 is 0 Å². The summed E-state index contributed by atoms with van der Waals surface area (Å²) in [6.07, 6.45) is 6.64. The summed E-state index contributed by atoms with van der Waals surface area (Å²) in [5.41, 5.74) is 2.06. The maximum absolute atomic E-state index is 4.46. The molecule has 5 heteroatoms. The second-order valence-electron chi connectivity index (χ2n) is 4.18. The number of nitrogens with zero attached hydrogens (tertiary/aromatic N) is 3. The quantitative estimate of drug-likeness (QED) is 0.674. The Hall–Kier alpha value is -2.30. The van der Waals surface area contributed by atoms with Crippen LogP contribution >= 0.6 is 0 Å². The first kappa shape index (κ1) is 10.8. The summed E-state index contributed by atoms with van der Waals surface area (Å²) in [5.74, 6) is 0.835. The van der Waals surface area contributed by atoms with Crippen LogP contribution < -0.4 is 5.32 Å². The van der Waals surface area contributed by atoms with Gasteiger partial charge in [0.05, 0.1) is 17.4 Å². The highest BCUT2D eigenvalue weighted by Gasteiger charge is 2.00. The summed E-state index contributed by atoms with van der Waals surface area (Å²) >= 11 is 0. The minimum Gasteiger partial charge on any atom is -0.356 e. The fourth-order valence-corrected chi connectivity index (χ4v) is 1.92. The van der Waals surface area contributed by atoms with E-state index in [1.165, 1.54) is 0 Å². The zero-order valence-electron chi connectivity index (χ0n) is 10.0. The van der Waals surface area contributed by atoms with Gasteiger partial charge in [-0.25, -0.2) is 9.97 Å². The first-order chi connectivity index (χ1) is 8.92. The van der Waals surface area contributed by atoms with Crippen molar-refractivity contribution < 1.29 is 0 Å². The Labute approximate surface area is 105 Å². The molecule has 2 aromatic heterocycles. The van der Waals surface area contributed by atoms with Gasteiger partial charge in [0.1, 0.15) is 0 Å². The number of benzene rings is 1. The lowest BCUT2D eigenvalue weighted by molar-refractivity contribution is 0.659. The van der Waals surface area contributed by atoms with Crippen LogP contribution in [0.4, 0.5) is 5.95 Å². The fourth-order valence-electron chi connectivity index (χ4n) is 1.92. The number of aryl methyl sites for hydroxylation is 1. The molecule has 3 rings (SSSR count). The van der Waals surface area contributed by atoms with Crippen molar-refractivity contribution in [2.24, 2.45) is 0 Å². The Bertz CT molecular complexity index is 578. The number of hydrogen-bond acceptors (Lipinski definition) is 3. The van der Waals surface area contributed by atoms with Gasteiger partial charge in [-0.15, -0.1) is 0 Å². The molecule has 0 saturated heterocycles. The standard InChI is InChI=1S/C13H15N5/c1-2-5-12-11(4-1)16-13(17-12)15-6-3-8-18-9-7-14-10-18/h1-2,4-5,7,9-10H,3,6,8H2,(H2,15,16,17). The van der Waals surface area contributed by atoms with Crippen LogP contribution in [0.2, 0.25) is 0 Å². The molecule has 0 fully saturated rings. The Balaban J connectivity index is 1.53. The lowest BCUT2D eigenvalue weighted by atomic mass is 10.3. The number of fused-ring (bicyclic) bond motifs is 1. The van der Waals surface area contributed by atoms with Gasteiger partial charge in [-0.3, -0.25) is 0 Å². The molecule has 0 unspecified atom stereocenters. The zero-order valence-corrected chi connectivity index (χ0v) is 10.0. The number of aromatic nitrogens is 4. The number of anilines is 1. The molecule has 0 aliphatic rings. The lowest BCUT2D eigenvalue weighted by Gasteiger charge is -2.03. The number of rotatable bonds is 5. The van der Waals surface area contributed by atoms with E-state index in [1.807, 2.05) is 36.8 Å². The van der Waals surface area contributed by atoms with E-state index in [1.54, 1.807) is 6.20 Å². The van der Waals surface area contributed by atoms with Crippen molar-refractivity contribution in [3.63, 3.8) is 0 Å². The third kappa shape index (κ3) is 2.34. The Morgan fingerprint density at radius 3 is 3.06 bits per heavy atom. The van der Waals surface area contributed by atoms with E-state index in [4.69, 9.17) is 0 Å². The maximum Gasteiger partial charge on any atom is 0.201 e. The highest BCUT2D eigenvalue weighted by atomic mass is 15.1. The van der Waals surface area contributed by atoms with Crippen molar-refractivity contribution in [1.82, 2.24) is 19.5 Å². The molecule has 0 spiro atoms. The zero-order chi connectivity index (χ0) is 12.2. The number of imidazole rings is 2. The SMILES string of the molecule is c1ccc2[nH]c(NCCCn3ccnc3)nc2c1. The molecule has 0 bridgehead atoms. The highest BCUT2D eigenvalue weighted by molar-refractivity contribution is 5.77. The molecule has 0 aliphatic carbocycles. The van der Waals surface area contributed by atoms with Crippen LogP contribution in [0.5, 0.6) is 0 Å². The van der Waals surface area contributed by atoms with Gasteiger partial charge in [0.25, 0.3) is 0 Å². The van der Waals surface area contributed by atoms with E-state index < -0.39 is 0 Å². The summed E-state index contributed by atoms with van der Waals surface area (Å²) in [4.78, 5) is 11.7. The van der Waals surface area contributed by atoms with Crippen molar-refractivity contribution in [2.75, 3.05) is 11.9 Å². The van der Waals surface area contributed by atoms with Crippen LogP contribution in [-0.2, 0) is 6.54 Å². The average molecular weight is 241 g/mol. The second-order valence-corrected chi connectivity index (χ2v) is 4.18. The summed E-state index contributed by atoms with van der Waals surface area (Å²) in [7, 11) is 0. The Morgan fingerprint density at radius 2 is 2.22 bits per heavy atom. The van der Waals surface area contributed by atoms with E-state index in [9.17, 15) is 0 Å². The van der Waals surface area contributed by atoms with Gasteiger partial charge in [-0.05, 0) is 18.6 Å². The van der Waals surface area contributed by atoms with Gasteiger partial charge in [-0.2, -0.15) is 0 Å². The van der Waals surface area contributed by atoms with Crippen molar-refractivity contribution in [3.8, 4) is 0 Å². The van der Waals surface area contributed by atoms with E-state index in [-0.39, 0.29) is 0 Å².